The van der Waals surface area contributed by atoms with Gasteiger partial charge in [0.2, 0.25) is 0 Å². The zero-order chi connectivity index (χ0) is 18.6. The molecule has 0 fully saturated rings. The maximum absolute atomic E-state index is 9.99. The third-order valence-corrected chi connectivity index (χ3v) is 6.17. The number of hydrogen-bond acceptors (Lipinski definition) is 4. The first-order chi connectivity index (χ1) is 13.3. The molecule has 3 aromatic rings. The Morgan fingerprint density at radius 3 is 2.63 bits per heavy atom. The van der Waals surface area contributed by atoms with Crippen LogP contribution in [0.15, 0.2) is 53.8 Å². The lowest BCUT2D eigenvalue weighted by Gasteiger charge is -2.22. The first-order valence-electron chi connectivity index (χ1n) is 9.31. The Balaban J connectivity index is 1.80. The molecule has 134 valence electrons. The van der Waals surface area contributed by atoms with Crippen LogP contribution in [0.25, 0.3) is 11.1 Å². The lowest BCUT2D eigenvalue weighted by Crippen LogP contribution is -2.10. The molecule has 0 bridgehead atoms. The summed E-state index contributed by atoms with van der Waals surface area (Å²) < 4.78 is 0. The summed E-state index contributed by atoms with van der Waals surface area (Å²) in [6.07, 6.45) is 7.92. The molecule has 1 aliphatic carbocycles. The number of hydrogen-bond donors (Lipinski definition) is 0. The summed E-state index contributed by atoms with van der Waals surface area (Å²) in [5.74, 6) is 0.822. The Morgan fingerprint density at radius 1 is 1.07 bits per heavy atom. The Hall–Kier alpha value is -2.64. The average molecular weight is 372 g/mol. The van der Waals surface area contributed by atoms with Gasteiger partial charge in [0, 0.05) is 29.4 Å². The van der Waals surface area contributed by atoms with Crippen molar-refractivity contribution in [2.75, 3.05) is 0 Å². The fourth-order valence-electron chi connectivity index (χ4n) is 3.68. The maximum Gasteiger partial charge on any atom is 0.115 e. The van der Waals surface area contributed by atoms with E-state index in [2.05, 4.69) is 42.2 Å². The van der Waals surface area contributed by atoms with Crippen molar-refractivity contribution in [1.29, 1.82) is 5.26 Å². The van der Waals surface area contributed by atoms with E-state index in [4.69, 9.17) is 4.98 Å². The fraction of sp³-hybridized carbons (Fsp3) is 0.261. The van der Waals surface area contributed by atoms with Gasteiger partial charge in [0.05, 0.1) is 5.56 Å². The van der Waals surface area contributed by atoms with E-state index >= 15 is 0 Å². The highest BCUT2D eigenvalue weighted by molar-refractivity contribution is 7.98. The molecule has 0 aliphatic heterocycles. The number of rotatable bonds is 4. The maximum atomic E-state index is 9.99. The number of fused-ring (bicyclic) bond motifs is 1. The Bertz CT molecular complexity index is 1010. The van der Waals surface area contributed by atoms with Crippen molar-refractivity contribution in [3.63, 3.8) is 0 Å². The summed E-state index contributed by atoms with van der Waals surface area (Å²) in [4.78, 5) is 9.08. The van der Waals surface area contributed by atoms with Crippen molar-refractivity contribution < 1.29 is 0 Å². The van der Waals surface area contributed by atoms with Crippen LogP contribution in [0, 0.1) is 18.3 Å². The molecule has 0 saturated heterocycles. The second-order valence-corrected chi connectivity index (χ2v) is 7.83. The van der Waals surface area contributed by atoms with Gasteiger partial charge >= 0.3 is 0 Å². The summed E-state index contributed by atoms with van der Waals surface area (Å²) in [5.41, 5.74) is 7.83. The van der Waals surface area contributed by atoms with Gasteiger partial charge in [-0.05, 0) is 67.0 Å². The topological polar surface area (TPSA) is 49.6 Å². The number of aryl methyl sites for hydroxylation is 2. The van der Waals surface area contributed by atoms with E-state index in [-0.39, 0.29) is 0 Å². The van der Waals surface area contributed by atoms with Crippen molar-refractivity contribution >= 4 is 11.8 Å². The molecule has 0 atom stereocenters. The van der Waals surface area contributed by atoms with E-state index < -0.39 is 0 Å². The number of pyridine rings is 2. The first kappa shape index (κ1) is 17.8. The van der Waals surface area contributed by atoms with E-state index in [0.717, 1.165) is 41.2 Å². The predicted octanol–water partition coefficient (Wildman–Crippen LogP) is 5.49. The lowest BCUT2D eigenvalue weighted by molar-refractivity contribution is 0.661. The van der Waals surface area contributed by atoms with Crippen molar-refractivity contribution in [2.45, 2.75) is 43.4 Å². The Labute approximate surface area is 164 Å². The summed E-state index contributed by atoms with van der Waals surface area (Å²) in [7, 11) is 0. The van der Waals surface area contributed by atoms with E-state index in [9.17, 15) is 5.26 Å². The lowest BCUT2D eigenvalue weighted by atomic mass is 9.87. The van der Waals surface area contributed by atoms with Crippen molar-refractivity contribution in [3.05, 3.63) is 76.7 Å². The number of benzene rings is 1. The number of thioether (sulfide) groups is 1. The molecule has 0 unspecified atom stereocenters. The third kappa shape index (κ3) is 3.61. The number of aromatic nitrogens is 2. The van der Waals surface area contributed by atoms with E-state index in [1.165, 1.54) is 28.8 Å². The van der Waals surface area contributed by atoms with Crippen LogP contribution in [0.5, 0.6) is 0 Å². The van der Waals surface area contributed by atoms with Crippen LogP contribution in [-0.4, -0.2) is 9.97 Å². The molecule has 0 spiro atoms. The van der Waals surface area contributed by atoms with Gasteiger partial charge < -0.3 is 0 Å². The monoisotopic (exact) mass is 371 g/mol. The zero-order valence-corrected chi connectivity index (χ0v) is 16.2. The standard InChI is InChI=1S/C23H21N3S/c1-16-6-2-3-7-18(16)15-27-23-20(14-24)22(17-10-12-25-13-11-17)19-8-4-5-9-21(19)26-23/h2-3,6-7,10-13H,4-5,8-9,15H2,1H3. The van der Waals surface area contributed by atoms with Crippen LogP contribution in [-0.2, 0) is 18.6 Å². The van der Waals surface area contributed by atoms with Gasteiger partial charge in [0.1, 0.15) is 11.1 Å². The van der Waals surface area contributed by atoms with Crippen LogP contribution in [0.1, 0.15) is 40.8 Å². The second-order valence-electron chi connectivity index (χ2n) is 6.86. The highest BCUT2D eigenvalue weighted by Crippen LogP contribution is 2.38. The fourth-order valence-corrected chi connectivity index (χ4v) is 4.76. The molecule has 4 rings (SSSR count). The Kier molecular flexibility index (Phi) is 5.22. The molecule has 0 radical (unpaired) electrons. The van der Waals surface area contributed by atoms with E-state index in [1.54, 1.807) is 24.2 Å². The summed E-state index contributed by atoms with van der Waals surface area (Å²) in [6.45, 7) is 2.13. The van der Waals surface area contributed by atoms with Gasteiger partial charge in [-0.3, -0.25) is 4.98 Å². The van der Waals surface area contributed by atoms with Crippen LogP contribution < -0.4 is 0 Å². The first-order valence-corrected chi connectivity index (χ1v) is 10.3. The van der Waals surface area contributed by atoms with Crippen molar-refractivity contribution in [2.24, 2.45) is 0 Å². The predicted molar refractivity (Wildman–Crippen MR) is 110 cm³/mol. The third-order valence-electron chi connectivity index (χ3n) is 5.15. The van der Waals surface area contributed by atoms with Crippen LogP contribution in [0.4, 0.5) is 0 Å². The van der Waals surface area contributed by atoms with Crippen LogP contribution in [0.3, 0.4) is 0 Å². The largest absolute Gasteiger partial charge is 0.265 e. The Morgan fingerprint density at radius 2 is 1.85 bits per heavy atom. The van der Waals surface area contributed by atoms with Gasteiger partial charge in [-0.25, -0.2) is 4.98 Å². The molecule has 2 aromatic heterocycles. The molecule has 1 aromatic carbocycles. The van der Waals surface area contributed by atoms with Crippen LogP contribution >= 0.6 is 11.8 Å². The minimum absolute atomic E-state index is 0.709. The summed E-state index contributed by atoms with van der Waals surface area (Å²) in [6, 6.07) is 14.9. The van der Waals surface area contributed by atoms with Gasteiger partial charge in [-0.1, -0.05) is 24.3 Å². The van der Waals surface area contributed by atoms with Gasteiger partial charge in [-0.2, -0.15) is 5.26 Å². The number of nitriles is 1. The normalized spacial score (nSPS) is 13.0. The minimum atomic E-state index is 0.709. The molecule has 3 nitrogen and oxygen atoms in total. The molecule has 27 heavy (non-hydrogen) atoms. The summed E-state index contributed by atoms with van der Waals surface area (Å²) in [5, 5.41) is 10.8. The minimum Gasteiger partial charge on any atom is -0.265 e. The molecule has 4 heteroatoms. The van der Waals surface area contributed by atoms with Crippen molar-refractivity contribution in [3.8, 4) is 17.2 Å². The molecule has 0 N–H and O–H groups in total. The van der Waals surface area contributed by atoms with Crippen LogP contribution in [0.2, 0.25) is 0 Å². The quantitative estimate of drug-likeness (QED) is 0.569. The average Bonchev–Trinajstić information content (AvgIpc) is 2.72. The molecule has 0 saturated carbocycles. The molecular formula is C23H21N3S. The molecular weight excluding hydrogens is 350 g/mol. The highest BCUT2D eigenvalue weighted by atomic mass is 32.2. The SMILES string of the molecule is Cc1ccccc1CSc1nc2c(c(-c3ccncc3)c1C#N)CCCC2. The summed E-state index contributed by atoms with van der Waals surface area (Å²) >= 11 is 1.67. The number of nitrogens with zero attached hydrogens (tertiary/aromatic N) is 3. The van der Waals surface area contributed by atoms with Crippen molar-refractivity contribution in [1.82, 2.24) is 9.97 Å². The van der Waals surface area contributed by atoms with Gasteiger partial charge in [0.15, 0.2) is 0 Å². The molecule has 0 amide bonds. The molecule has 2 heterocycles. The van der Waals surface area contributed by atoms with E-state index in [0.29, 0.717) is 5.56 Å². The van der Waals surface area contributed by atoms with Gasteiger partial charge in [-0.15, -0.1) is 11.8 Å². The van der Waals surface area contributed by atoms with Gasteiger partial charge in [0.25, 0.3) is 0 Å². The van der Waals surface area contributed by atoms with E-state index in [1.807, 2.05) is 12.1 Å². The second kappa shape index (κ2) is 7.94. The molecule has 1 aliphatic rings. The smallest absolute Gasteiger partial charge is 0.115 e. The highest BCUT2D eigenvalue weighted by Gasteiger charge is 2.23. The zero-order valence-electron chi connectivity index (χ0n) is 15.4.